The minimum Gasteiger partial charge on any atom is -0.493 e. The van der Waals surface area contributed by atoms with Crippen LogP contribution in [-0.4, -0.2) is 42.1 Å². The van der Waals surface area contributed by atoms with Crippen molar-refractivity contribution in [1.82, 2.24) is 9.88 Å². The van der Waals surface area contributed by atoms with Crippen molar-refractivity contribution in [2.75, 3.05) is 31.1 Å². The fourth-order valence-electron chi connectivity index (χ4n) is 4.74. The van der Waals surface area contributed by atoms with Gasteiger partial charge in [0.25, 0.3) is 0 Å². The van der Waals surface area contributed by atoms with Crippen LogP contribution in [0.3, 0.4) is 0 Å². The summed E-state index contributed by atoms with van der Waals surface area (Å²) < 4.78 is 6.19. The van der Waals surface area contributed by atoms with E-state index in [0.29, 0.717) is 12.5 Å². The van der Waals surface area contributed by atoms with Crippen LogP contribution in [0.25, 0.3) is 10.9 Å². The maximum Gasteiger partial charge on any atom is 0.188 e. The number of fused-ring (bicyclic) bond motifs is 2. The molecule has 3 N–H and O–H groups in total. The highest BCUT2D eigenvalue weighted by Gasteiger charge is 2.22. The van der Waals surface area contributed by atoms with Gasteiger partial charge in [0.05, 0.1) is 12.1 Å². The Bertz CT molecular complexity index is 1100. The van der Waals surface area contributed by atoms with E-state index in [1.54, 1.807) is 0 Å². The topological polar surface area (TPSA) is 78.5 Å². The summed E-state index contributed by atoms with van der Waals surface area (Å²) in [7, 11) is 0. The molecule has 1 fully saturated rings. The zero-order chi connectivity index (χ0) is 21.2. The molecule has 1 saturated heterocycles. The molecule has 2 aliphatic heterocycles. The lowest BCUT2D eigenvalue weighted by Crippen LogP contribution is -2.40. The van der Waals surface area contributed by atoms with Crippen molar-refractivity contribution in [3.63, 3.8) is 0 Å². The number of aromatic nitrogens is 1. The van der Waals surface area contributed by atoms with Crippen LogP contribution in [0, 0.1) is 11.3 Å². The lowest BCUT2D eigenvalue weighted by molar-refractivity contribution is 0.222. The number of nitrogens with zero attached hydrogens (tertiary/aromatic N) is 3. The molecule has 0 bridgehead atoms. The molecule has 3 aromatic rings. The first-order valence-corrected chi connectivity index (χ1v) is 11.1. The number of benzene rings is 2. The highest BCUT2D eigenvalue weighted by atomic mass is 35.5. The van der Waals surface area contributed by atoms with Gasteiger partial charge in [0.1, 0.15) is 5.75 Å². The molecule has 0 amide bonds. The van der Waals surface area contributed by atoms with Gasteiger partial charge in [-0.3, -0.25) is 10.4 Å². The van der Waals surface area contributed by atoms with Crippen molar-refractivity contribution in [2.24, 2.45) is 11.7 Å². The summed E-state index contributed by atoms with van der Waals surface area (Å²) in [5, 5.41) is 8.92. The molecule has 2 aromatic carbocycles. The van der Waals surface area contributed by atoms with E-state index in [9.17, 15) is 0 Å². The summed E-state index contributed by atoms with van der Waals surface area (Å²) in [6, 6.07) is 16.9. The molecule has 2 aliphatic rings. The Morgan fingerprint density at radius 3 is 2.61 bits per heavy atom. The predicted molar refractivity (Wildman–Crippen MR) is 139 cm³/mol. The zero-order valence-corrected chi connectivity index (χ0v) is 20.2. The standard InChI is InChI=1S/C25H29N5O.2ClH/c26-25(27)30-14-10-19-5-6-21(15-20(19)16-30)31-17-18-8-12-29(13-9-18)24-7-11-28-23-4-2-1-3-22(23)24;;/h1-7,11,15,18H,8-10,12-14,16-17H2,(H3,26,27);2*1H. The van der Waals surface area contributed by atoms with Crippen molar-refractivity contribution in [1.29, 1.82) is 5.41 Å². The predicted octanol–water partition coefficient (Wildman–Crippen LogP) is 4.63. The van der Waals surface area contributed by atoms with E-state index in [1.165, 1.54) is 22.2 Å². The van der Waals surface area contributed by atoms with Crippen LogP contribution in [0.5, 0.6) is 5.75 Å². The van der Waals surface area contributed by atoms with Gasteiger partial charge in [0, 0.05) is 43.4 Å². The second kappa shape index (κ2) is 10.9. The molecule has 0 radical (unpaired) electrons. The van der Waals surface area contributed by atoms with Crippen LogP contribution >= 0.6 is 24.8 Å². The Labute approximate surface area is 207 Å². The molecular weight excluding hydrogens is 457 g/mol. The largest absolute Gasteiger partial charge is 0.493 e. The fraction of sp³-hybridized carbons (Fsp3) is 0.360. The Balaban J connectivity index is 0.00000153. The number of guanidine groups is 1. The Morgan fingerprint density at radius 1 is 1.03 bits per heavy atom. The lowest BCUT2D eigenvalue weighted by Gasteiger charge is -2.34. The monoisotopic (exact) mass is 487 g/mol. The van der Waals surface area contributed by atoms with E-state index in [0.717, 1.165) is 56.8 Å². The van der Waals surface area contributed by atoms with Gasteiger partial charge in [-0.15, -0.1) is 24.8 Å². The minimum absolute atomic E-state index is 0. The number of rotatable bonds is 4. The Kier molecular flexibility index (Phi) is 8.27. The molecule has 6 nitrogen and oxygen atoms in total. The van der Waals surface area contributed by atoms with Gasteiger partial charge >= 0.3 is 0 Å². The molecular formula is C25H31Cl2N5O. The SMILES string of the molecule is Cl.Cl.N=C(N)N1CCc2ccc(OCC3CCN(c4ccnc5ccccc45)CC3)cc2C1. The van der Waals surface area contributed by atoms with Crippen LogP contribution in [0.2, 0.25) is 0 Å². The first kappa shape index (κ1) is 24.9. The first-order valence-electron chi connectivity index (χ1n) is 11.1. The Morgan fingerprint density at radius 2 is 1.82 bits per heavy atom. The van der Waals surface area contributed by atoms with Gasteiger partial charge in [0.15, 0.2) is 5.96 Å². The van der Waals surface area contributed by atoms with E-state index in [1.807, 2.05) is 17.2 Å². The summed E-state index contributed by atoms with van der Waals surface area (Å²) in [5.74, 6) is 1.63. The summed E-state index contributed by atoms with van der Waals surface area (Å²) >= 11 is 0. The number of hydrogen-bond acceptors (Lipinski definition) is 4. The van der Waals surface area contributed by atoms with Gasteiger partial charge in [0.2, 0.25) is 0 Å². The molecule has 0 unspecified atom stereocenters. The van der Waals surface area contributed by atoms with Crippen molar-refractivity contribution in [2.45, 2.75) is 25.8 Å². The van der Waals surface area contributed by atoms with Gasteiger partial charge < -0.3 is 20.3 Å². The van der Waals surface area contributed by atoms with Crippen molar-refractivity contribution < 1.29 is 4.74 Å². The average Bonchev–Trinajstić information content (AvgIpc) is 2.82. The molecule has 3 heterocycles. The van der Waals surface area contributed by atoms with Crippen molar-refractivity contribution >= 4 is 47.4 Å². The first-order chi connectivity index (χ1) is 15.2. The number of nitrogens with one attached hydrogen (secondary N) is 1. The van der Waals surface area contributed by atoms with E-state index in [2.05, 4.69) is 52.3 Å². The van der Waals surface area contributed by atoms with Crippen LogP contribution in [-0.2, 0) is 13.0 Å². The fourth-order valence-corrected chi connectivity index (χ4v) is 4.74. The maximum absolute atomic E-state index is 7.69. The molecule has 0 atom stereocenters. The van der Waals surface area contributed by atoms with Crippen molar-refractivity contribution in [3.05, 3.63) is 65.9 Å². The summed E-state index contributed by atoms with van der Waals surface area (Å²) in [4.78, 5) is 8.88. The van der Waals surface area contributed by atoms with Gasteiger partial charge in [-0.2, -0.15) is 0 Å². The Hall–Kier alpha value is -2.70. The molecule has 176 valence electrons. The molecule has 0 spiro atoms. The number of nitrogens with two attached hydrogens (primary N) is 1. The van der Waals surface area contributed by atoms with Crippen molar-refractivity contribution in [3.8, 4) is 5.75 Å². The van der Waals surface area contributed by atoms with E-state index >= 15 is 0 Å². The third-order valence-electron chi connectivity index (χ3n) is 6.60. The number of pyridine rings is 1. The van der Waals surface area contributed by atoms with E-state index in [4.69, 9.17) is 15.9 Å². The molecule has 1 aromatic heterocycles. The third kappa shape index (κ3) is 5.45. The number of halogens is 2. The van der Waals surface area contributed by atoms with Crippen LogP contribution in [0.4, 0.5) is 5.69 Å². The quantitative estimate of drug-likeness (QED) is 0.414. The van der Waals surface area contributed by atoms with E-state index < -0.39 is 0 Å². The summed E-state index contributed by atoms with van der Waals surface area (Å²) in [5.41, 5.74) is 10.6. The molecule has 33 heavy (non-hydrogen) atoms. The van der Waals surface area contributed by atoms with Gasteiger partial charge in [-0.25, -0.2) is 0 Å². The molecule has 8 heteroatoms. The second-order valence-corrected chi connectivity index (χ2v) is 8.58. The zero-order valence-electron chi connectivity index (χ0n) is 18.6. The molecule has 0 aliphatic carbocycles. The number of ether oxygens (including phenoxy) is 1. The van der Waals surface area contributed by atoms with Gasteiger partial charge in [-0.1, -0.05) is 24.3 Å². The lowest BCUT2D eigenvalue weighted by atomic mass is 9.96. The summed E-state index contributed by atoms with van der Waals surface area (Å²) in [6.45, 7) is 4.34. The van der Waals surface area contributed by atoms with Gasteiger partial charge in [-0.05, 0) is 60.6 Å². The number of anilines is 1. The minimum atomic E-state index is 0. The molecule has 0 saturated carbocycles. The second-order valence-electron chi connectivity index (χ2n) is 8.58. The number of para-hydroxylation sites is 1. The summed E-state index contributed by atoms with van der Waals surface area (Å²) in [6.07, 6.45) is 5.09. The smallest absolute Gasteiger partial charge is 0.188 e. The average molecular weight is 488 g/mol. The number of hydrogen-bond donors (Lipinski definition) is 2. The number of piperidine rings is 1. The maximum atomic E-state index is 7.69. The van der Waals surface area contributed by atoms with Crippen LogP contribution in [0.1, 0.15) is 24.0 Å². The third-order valence-corrected chi connectivity index (χ3v) is 6.60. The van der Waals surface area contributed by atoms with Crippen LogP contribution in [0.15, 0.2) is 54.7 Å². The highest BCUT2D eigenvalue weighted by molar-refractivity contribution is 5.91. The molecule has 5 rings (SSSR count). The van der Waals surface area contributed by atoms with Crippen LogP contribution < -0.4 is 15.4 Å². The normalized spacial score (nSPS) is 15.9. The highest BCUT2D eigenvalue weighted by Crippen LogP contribution is 2.30. The van der Waals surface area contributed by atoms with E-state index in [-0.39, 0.29) is 30.8 Å².